The first kappa shape index (κ1) is 14.4. The highest BCUT2D eigenvalue weighted by Crippen LogP contribution is 2.16. The van der Waals surface area contributed by atoms with Crippen molar-refractivity contribution in [2.45, 2.75) is 38.8 Å². The molecule has 0 radical (unpaired) electrons. The minimum atomic E-state index is -0.912. The van der Waals surface area contributed by atoms with Crippen LogP contribution < -0.4 is 11.1 Å². The second-order valence-corrected chi connectivity index (χ2v) is 4.64. The summed E-state index contributed by atoms with van der Waals surface area (Å²) < 4.78 is 13.1. The van der Waals surface area contributed by atoms with Crippen LogP contribution in [0.4, 0.5) is 4.39 Å². The van der Waals surface area contributed by atoms with Crippen molar-refractivity contribution in [3.63, 3.8) is 0 Å². The zero-order valence-corrected chi connectivity index (χ0v) is 10.7. The van der Waals surface area contributed by atoms with Gasteiger partial charge in [0.25, 0.3) is 0 Å². The number of phenols is 1. The summed E-state index contributed by atoms with van der Waals surface area (Å²) in [6, 6.07) is 3.99. The van der Waals surface area contributed by atoms with Crippen LogP contribution >= 0.6 is 0 Å². The molecule has 18 heavy (non-hydrogen) atoms. The zero-order chi connectivity index (χ0) is 13.8. The van der Waals surface area contributed by atoms with E-state index in [4.69, 9.17) is 10.8 Å². The Balaban J connectivity index is 2.60. The molecule has 0 saturated heterocycles. The van der Waals surface area contributed by atoms with Crippen molar-refractivity contribution in [3.8, 4) is 5.75 Å². The van der Waals surface area contributed by atoms with Crippen LogP contribution in [0.1, 0.15) is 32.3 Å². The van der Waals surface area contributed by atoms with Gasteiger partial charge in [-0.1, -0.05) is 19.4 Å². The number of benzene rings is 1. The van der Waals surface area contributed by atoms with Crippen LogP contribution in [0.5, 0.6) is 5.75 Å². The van der Waals surface area contributed by atoms with Gasteiger partial charge in [0.05, 0.1) is 5.54 Å². The van der Waals surface area contributed by atoms with E-state index in [2.05, 4.69) is 5.32 Å². The Labute approximate surface area is 106 Å². The van der Waals surface area contributed by atoms with Gasteiger partial charge < -0.3 is 16.2 Å². The van der Waals surface area contributed by atoms with Crippen molar-refractivity contribution in [1.82, 2.24) is 5.32 Å². The fourth-order valence-corrected chi connectivity index (χ4v) is 1.68. The van der Waals surface area contributed by atoms with Crippen LogP contribution in [-0.4, -0.2) is 16.6 Å². The Kier molecular flexibility index (Phi) is 4.67. The number of nitrogens with two attached hydrogens (primary N) is 1. The minimum absolute atomic E-state index is 0.187. The quantitative estimate of drug-likeness (QED) is 0.748. The van der Waals surface area contributed by atoms with E-state index in [0.717, 1.165) is 6.42 Å². The van der Waals surface area contributed by atoms with Gasteiger partial charge >= 0.3 is 0 Å². The maximum absolute atomic E-state index is 13.1. The molecule has 0 saturated carbocycles. The smallest absolute Gasteiger partial charge is 0.240 e. The molecule has 1 aromatic carbocycles. The lowest BCUT2D eigenvalue weighted by atomic mass is 9.96. The average molecular weight is 254 g/mol. The fourth-order valence-electron chi connectivity index (χ4n) is 1.68. The van der Waals surface area contributed by atoms with E-state index in [1.54, 1.807) is 13.0 Å². The van der Waals surface area contributed by atoms with Crippen LogP contribution in [-0.2, 0) is 11.3 Å². The van der Waals surface area contributed by atoms with Crippen molar-refractivity contribution in [2.75, 3.05) is 0 Å². The van der Waals surface area contributed by atoms with E-state index in [9.17, 15) is 9.18 Å². The summed E-state index contributed by atoms with van der Waals surface area (Å²) in [7, 11) is 0. The minimum Gasteiger partial charge on any atom is -0.505 e. The lowest BCUT2D eigenvalue weighted by Crippen LogP contribution is -2.51. The topological polar surface area (TPSA) is 75.4 Å². The first-order valence-electron chi connectivity index (χ1n) is 5.91. The summed E-state index contributed by atoms with van der Waals surface area (Å²) in [5, 5.41) is 11.7. The number of hydrogen-bond acceptors (Lipinski definition) is 3. The van der Waals surface area contributed by atoms with Crippen molar-refractivity contribution in [3.05, 3.63) is 29.6 Å². The molecule has 5 heteroatoms. The van der Waals surface area contributed by atoms with Crippen LogP contribution in [0.3, 0.4) is 0 Å². The molecule has 1 amide bonds. The lowest BCUT2D eigenvalue weighted by Gasteiger charge is -2.22. The number of hydrogen-bond donors (Lipinski definition) is 3. The highest BCUT2D eigenvalue weighted by atomic mass is 19.1. The third-order valence-electron chi connectivity index (χ3n) is 2.75. The lowest BCUT2D eigenvalue weighted by molar-refractivity contribution is -0.126. The van der Waals surface area contributed by atoms with E-state index < -0.39 is 17.1 Å². The Morgan fingerprint density at radius 1 is 1.56 bits per heavy atom. The van der Waals surface area contributed by atoms with Gasteiger partial charge in [0.1, 0.15) is 0 Å². The fraction of sp³-hybridized carbons (Fsp3) is 0.462. The van der Waals surface area contributed by atoms with Crippen molar-refractivity contribution in [1.29, 1.82) is 0 Å². The Hall–Kier alpha value is -1.62. The number of nitrogens with one attached hydrogen (secondary N) is 1. The molecular weight excluding hydrogens is 235 g/mol. The molecule has 1 unspecified atom stereocenters. The molecule has 0 spiro atoms. The monoisotopic (exact) mass is 254 g/mol. The molecule has 4 N–H and O–H groups in total. The summed E-state index contributed by atoms with van der Waals surface area (Å²) in [4.78, 5) is 11.8. The molecule has 0 aliphatic carbocycles. The highest BCUT2D eigenvalue weighted by Gasteiger charge is 2.26. The average Bonchev–Trinajstić information content (AvgIpc) is 2.30. The Morgan fingerprint density at radius 2 is 2.22 bits per heavy atom. The number of amides is 1. The predicted octanol–water partition coefficient (Wildman–Crippen LogP) is 1.66. The summed E-state index contributed by atoms with van der Waals surface area (Å²) in [6.07, 6.45) is 1.40. The standard InChI is InChI=1S/C13H19FN2O2/c1-3-6-13(2,15)12(18)16-8-9-4-5-11(17)10(14)7-9/h4-5,7,17H,3,6,8,15H2,1-2H3,(H,16,18). The van der Waals surface area contributed by atoms with Gasteiger partial charge in [-0.15, -0.1) is 0 Å². The predicted molar refractivity (Wildman–Crippen MR) is 67.4 cm³/mol. The molecule has 0 bridgehead atoms. The number of halogens is 1. The third kappa shape index (κ3) is 3.70. The SMILES string of the molecule is CCCC(C)(N)C(=O)NCc1ccc(O)c(F)c1. The Bertz CT molecular complexity index is 433. The van der Waals surface area contributed by atoms with E-state index >= 15 is 0 Å². The summed E-state index contributed by atoms with van der Waals surface area (Å²) in [5.74, 6) is -1.37. The molecule has 100 valence electrons. The van der Waals surface area contributed by atoms with E-state index in [1.165, 1.54) is 12.1 Å². The van der Waals surface area contributed by atoms with E-state index in [0.29, 0.717) is 12.0 Å². The molecule has 0 aliphatic heterocycles. The molecule has 4 nitrogen and oxygen atoms in total. The normalized spacial score (nSPS) is 14.0. The van der Waals surface area contributed by atoms with Gasteiger partial charge in [-0.05, 0) is 31.0 Å². The molecule has 0 aliphatic rings. The number of phenolic OH excluding ortho intramolecular Hbond substituents is 1. The van der Waals surface area contributed by atoms with Gasteiger partial charge in [-0.3, -0.25) is 4.79 Å². The van der Waals surface area contributed by atoms with Gasteiger partial charge in [-0.2, -0.15) is 0 Å². The second kappa shape index (κ2) is 5.82. The van der Waals surface area contributed by atoms with Crippen LogP contribution in [0, 0.1) is 5.82 Å². The molecule has 1 aromatic rings. The molecule has 0 fully saturated rings. The maximum atomic E-state index is 13.1. The second-order valence-electron chi connectivity index (χ2n) is 4.64. The largest absolute Gasteiger partial charge is 0.505 e. The maximum Gasteiger partial charge on any atom is 0.240 e. The summed E-state index contributed by atoms with van der Waals surface area (Å²) in [6.45, 7) is 3.81. The number of aromatic hydroxyl groups is 1. The zero-order valence-electron chi connectivity index (χ0n) is 10.7. The molecular formula is C13H19FN2O2. The van der Waals surface area contributed by atoms with Crippen molar-refractivity contribution >= 4 is 5.91 Å². The van der Waals surface area contributed by atoms with Crippen LogP contribution in [0.25, 0.3) is 0 Å². The number of carbonyl (C=O) groups is 1. The van der Waals surface area contributed by atoms with Crippen molar-refractivity contribution in [2.24, 2.45) is 5.73 Å². The van der Waals surface area contributed by atoms with Crippen LogP contribution in [0.2, 0.25) is 0 Å². The van der Waals surface area contributed by atoms with Crippen LogP contribution in [0.15, 0.2) is 18.2 Å². The number of rotatable bonds is 5. The highest BCUT2D eigenvalue weighted by molar-refractivity contribution is 5.85. The molecule has 0 aromatic heterocycles. The molecule has 1 atom stereocenters. The number of carbonyl (C=O) groups excluding carboxylic acids is 1. The first-order chi connectivity index (χ1) is 8.36. The molecule has 1 rings (SSSR count). The van der Waals surface area contributed by atoms with E-state index in [-0.39, 0.29) is 12.5 Å². The van der Waals surface area contributed by atoms with Gasteiger partial charge in [-0.25, -0.2) is 4.39 Å². The summed E-state index contributed by atoms with van der Waals surface area (Å²) >= 11 is 0. The molecule has 0 heterocycles. The first-order valence-corrected chi connectivity index (χ1v) is 5.91. The third-order valence-corrected chi connectivity index (χ3v) is 2.75. The van der Waals surface area contributed by atoms with Gasteiger partial charge in [0, 0.05) is 6.54 Å². The summed E-state index contributed by atoms with van der Waals surface area (Å²) in [5.41, 5.74) is 5.53. The van der Waals surface area contributed by atoms with Crippen molar-refractivity contribution < 1.29 is 14.3 Å². The van der Waals surface area contributed by atoms with Gasteiger partial charge in [0.15, 0.2) is 11.6 Å². The van der Waals surface area contributed by atoms with E-state index in [1.807, 2.05) is 6.92 Å². The van der Waals surface area contributed by atoms with Gasteiger partial charge in [0.2, 0.25) is 5.91 Å². The Morgan fingerprint density at radius 3 is 2.78 bits per heavy atom.